The molecule has 1 N–H and O–H groups in total. The maximum absolute atomic E-state index is 10.8. The van der Waals surface area contributed by atoms with Gasteiger partial charge in [-0.3, -0.25) is 4.90 Å². The summed E-state index contributed by atoms with van der Waals surface area (Å²) in [6.45, 7) is 5.16. The molecule has 1 aromatic heterocycles. The number of aryl methyl sites for hydroxylation is 1. The maximum atomic E-state index is 10.8. The van der Waals surface area contributed by atoms with Crippen LogP contribution in [0.5, 0.6) is 0 Å². The number of aliphatic carboxylic acids is 1. The first-order valence-corrected chi connectivity index (χ1v) is 5.68. The summed E-state index contributed by atoms with van der Waals surface area (Å²) < 4.78 is 5.21. The van der Waals surface area contributed by atoms with Crippen LogP contribution in [0, 0.1) is 6.92 Å². The second-order valence-corrected chi connectivity index (χ2v) is 4.09. The molecule has 0 amide bonds. The Hall–Kier alpha value is -1.55. The third kappa shape index (κ3) is 4.07. The van der Waals surface area contributed by atoms with Crippen molar-refractivity contribution >= 4 is 5.97 Å². The van der Waals surface area contributed by atoms with Crippen molar-refractivity contribution in [2.45, 2.75) is 26.8 Å². The van der Waals surface area contributed by atoms with E-state index in [2.05, 4.69) is 4.90 Å². The molecule has 0 saturated heterocycles. The Morgan fingerprint density at radius 1 is 1.59 bits per heavy atom. The van der Waals surface area contributed by atoms with Crippen LogP contribution < -0.4 is 0 Å². The first kappa shape index (κ1) is 13.5. The molecule has 0 bridgehead atoms. The number of nitrogens with zero attached hydrogens (tertiary/aromatic N) is 1. The Morgan fingerprint density at radius 2 is 2.29 bits per heavy atom. The minimum absolute atomic E-state index is 0.459. The van der Waals surface area contributed by atoms with Crippen molar-refractivity contribution in [2.75, 3.05) is 13.6 Å². The fourth-order valence-electron chi connectivity index (χ4n) is 1.58. The number of hydrogen-bond donors (Lipinski definition) is 1. The lowest BCUT2D eigenvalue weighted by atomic mass is 10.2. The van der Waals surface area contributed by atoms with Gasteiger partial charge in [0.05, 0.1) is 6.26 Å². The van der Waals surface area contributed by atoms with E-state index in [0.29, 0.717) is 18.5 Å². The largest absolute Gasteiger partial charge is 0.478 e. The third-order valence-electron chi connectivity index (χ3n) is 2.71. The first-order chi connectivity index (χ1) is 8.04. The van der Waals surface area contributed by atoms with Gasteiger partial charge in [0.25, 0.3) is 0 Å². The molecular formula is C13H19NO3. The zero-order chi connectivity index (χ0) is 12.8. The Morgan fingerprint density at radius 3 is 2.76 bits per heavy atom. The van der Waals surface area contributed by atoms with Crippen molar-refractivity contribution in [1.82, 2.24) is 4.90 Å². The Balaban J connectivity index is 2.53. The van der Waals surface area contributed by atoms with Crippen LogP contribution in [-0.2, 0) is 11.3 Å². The van der Waals surface area contributed by atoms with Crippen molar-refractivity contribution in [2.24, 2.45) is 0 Å². The predicted octanol–water partition coefficient (Wildman–Crippen LogP) is 2.44. The predicted molar refractivity (Wildman–Crippen MR) is 65.8 cm³/mol. The maximum Gasteiger partial charge on any atom is 0.331 e. The monoisotopic (exact) mass is 237 g/mol. The van der Waals surface area contributed by atoms with E-state index in [1.807, 2.05) is 27.0 Å². The van der Waals surface area contributed by atoms with Gasteiger partial charge in [-0.15, -0.1) is 0 Å². The van der Waals surface area contributed by atoms with Crippen molar-refractivity contribution in [3.8, 4) is 0 Å². The summed E-state index contributed by atoms with van der Waals surface area (Å²) in [5.41, 5.74) is 1.59. The van der Waals surface area contributed by atoms with Crippen LogP contribution in [0.4, 0.5) is 0 Å². The molecule has 94 valence electrons. The molecule has 0 aliphatic heterocycles. The number of carbonyl (C=O) groups is 1. The highest BCUT2D eigenvalue weighted by Gasteiger charge is 2.07. The molecule has 0 aliphatic carbocycles. The molecule has 0 fully saturated rings. The normalized spacial score (nSPS) is 12.1. The molecule has 0 radical (unpaired) electrons. The molecule has 1 heterocycles. The molecule has 0 aromatic carbocycles. The fourth-order valence-corrected chi connectivity index (χ4v) is 1.58. The highest BCUT2D eigenvalue weighted by molar-refractivity contribution is 5.86. The van der Waals surface area contributed by atoms with Crippen molar-refractivity contribution in [3.05, 3.63) is 35.3 Å². The van der Waals surface area contributed by atoms with Crippen molar-refractivity contribution in [3.63, 3.8) is 0 Å². The fraction of sp³-hybridized carbons (Fsp3) is 0.462. The summed E-state index contributed by atoms with van der Waals surface area (Å²) in [6, 6.07) is 1.94. The van der Waals surface area contributed by atoms with Crippen LogP contribution in [-0.4, -0.2) is 29.6 Å². The average molecular weight is 237 g/mol. The number of carboxylic acids is 1. The lowest BCUT2D eigenvalue weighted by Crippen LogP contribution is -2.18. The Labute approximate surface area is 102 Å². The summed E-state index contributed by atoms with van der Waals surface area (Å²) in [5, 5.41) is 8.89. The minimum atomic E-state index is -0.833. The summed E-state index contributed by atoms with van der Waals surface area (Å²) in [4.78, 5) is 12.9. The molecule has 0 spiro atoms. The average Bonchev–Trinajstić information content (AvgIpc) is 2.65. The zero-order valence-corrected chi connectivity index (χ0v) is 10.6. The van der Waals surface area contributed by atoms with Gasteiger partial charge in [0, 0.05) is 24.2 Å². The molecule has 17 heavy (non-hydrogen) atoms. The van der Waals surface area contributed by atoms with Crippen LogP contribution in [0.3, 0.4) is 0 Å². The van der Waals surface area contributed by atoms with E-state index in [4.69, 9.17) is 9.52 Å². The smallest absolute Gasteiger partial charge is 0.331 e. The van der Waals surface area contributed by atoms with Gasteiger partial charge in [-0.1, -0.05) is 13.0 Å². The van der Waals surface area contributed by atoms with Crippen LogP contribution in [0.2, 0.25) is 0 Å². The van der Waals surface area contributed by atoms with E-state index in [1.54, 1.807) is 12.3 Å². The van der Waals surface area contributed by atoms with Gasteiger partial charge in [-0.2, -0.15) is 0 Å². The second-order valence-electron chi connectivity index (χ2n) is 4.09. The van der Waals surface area contributed by atoms with E-state index in [-0.39, 0.29) is 0 Å². The van der Waals surface area contributed by atoms with Gasteiger partial charge in [0.2, 0.25) is 0 Å². The first-order valence-electron chi connectivity index (χ1n) is 5.68. The number of rotatable bonds is 6. The number of hydrogen-bond acceptors (Lipinski definition) is 3. The summed E-state index contributed by atoms with van der Waals surface area (Å²) in [6.07, 6.45) is 3.98. The standard InChI is InChI=1S/C13H19NO3/c1-4-11(13(15)16)5-7-14(3)9-12-6-8-17-10(12)2/h5-6,8H,4,7,9H2,1-3H3,(H,15,16). The van der Waals surface area contributed by atoms with Crippen molar-refractivity contribution in [1.29, 1.82) is 0 Å². The van der Waals surface area contributed by atoms with E-state index < -0.39 is 5.97 Å². The number of likely N-dealkylation sites (N-methyl/N-ethyl adjacent to an activating group) is 1. The highest BCUT2D eigenvalue weighted by Crippen LogP contribution is 2.11. The van der Waals surface area contributed by atoms with E-state index in [9.17, 15) is 4.79 Å². The third-order valence-corrected chi connectivity index (χ3v) is 2.71. The van der Waals surface area contributed by atoms with Gasteiger partial charge in [0.1, 0.15) is 5.76 Å². The SMILES string of the molecule is CCC(=CCN(C)Cc1ccoc1C)C(=O)O. The van der Waals surface area contributed by atoms with Crippen LogP contribution in [0.25, 0.3) is 0 Å². The topological polar surface area (TPSA) is 53.7 Å². The molecular weight excluding hydrogens is 218 g/mol. The summed E-state index contributed by atoms with van der Waals surface area (Å²) in [7, 11) is 1.96. The quantitative estimate of drug-likeness (QED) is 0.772. The number of carboxylic acid groups (broad SMARTS) is 1. The van der Waals surface area contributed by atoms with Crippen LogP contribution in [0.1, 0.15) is 24.7 Å². The van der Waals surface area contributed by atoms with Crippen LogP contribution in [0.15, 0.2) is 28.4 Å². The zero-order valence-electron chi connectivity index (χ0n) is 10.6. The molecule has 1 aromatic rings. The molecule has 0 unspecified atom stereocenters. The lowest BCUT2D eigenvalue weighted by Gasteiger charge is -2.14. The molecule has 0 atom stereocenters. The summed E-state index contributed by atoms with van der Waals surface area (Å²) in [5.74, 6) is 0.0789. The molecule has 0 aliphatic rings. The highest BCUT2D eigenvalue weighted by atomic mass is 16.4. The lowest BCUT2D eigenvalue weighted by molar-refractivity contribution is -0.132. The van der Waals surface area contributed by atoms with Gasteiger partial charge < -0.3 is 9.52 Å². The minimum Gasteiger partial charge on any atom is -0.478 e. The number of furan rings is 1. The van der Waals surface area contributed by atoms with E-state index in [1.165, 1.54) is 0 Å². The molecule has 4 nitrogen and oxygen atoms in total. The van der Waals surface area contributed by atoms with Gasteiger partial charge in [-0.05, 0) is 26.5 Å². The van der Waals surface area contributed by atoms with E-state index >= 15 is 0 Å². The second kappa shape index (κ2) is 6.25. The Bertz CT molecular complexity index is 407. The summed E-state index contributed by atoms with van der Waals surface area (Å²) >= 11 is 0. The van der Waals surface area contributed by atoms with E-state index in [0.717, 1.165) is 17.9 Å². The van der Waals surface area contributed by atoms with Crippen LogP contribution >= 0.6 is 0 Å². The van der Waals surface area contributed by atoms with Gasteiger partial charge >= 0.3 is 5.97 Å². The Kier molecular flexibility index (Phi) is 4.97. The molecule has 0 saturated carbocycles. The van der Waals surface area contributed by atoms with Gasteiger partial charge in [-0.25, -0.2) is 4.79 Å². The molecule has 4 heteroatoms. The van der Waals surface area contributed by atoms with Gasteiger partial charge in [0.15, 0.2) is 0 Å². The molecule has 1 rings (SSSR count). The van der Waals surface area contributed by atoms with Crippen molar-refractivity contribution < 1.29 is 14.3 Å².